The Bertz CT molecular complexity index is 314. The van der Waals surface area contributed by atoms with Gasteiger partial charge in [-0.1, -0.05) is 6.58 Å². The van der Waals surface area contributed by atoms with E-state index in [2.05, 4.69) is 18.2 Å². The third kappa shape index (κ3) is 119. The van der Waals surface area contributed by atoms with Crippen molar-refractivity contribution in [2.45, 2.75) is 6.92 Å². The number of ether oxygens (including phenoxy) is 1. The van der Waals surface area contributed by atoms with Gasteiger partial charge in [-0.15, -0.1) is 0 Å². The number of phosphoric acid groups is 2. The topological polar surface area (TPSA) is 199 Å². The molecular formula is C6H9Cu3O10P2-. The predicted octanol–water partition coefficient (Wildman–Crippen LogP) is -4.72. The van der Waals surface area contributed by atoms with Crippen LogP contribution in [-0.4, -0.2) is 12.6 Å². The Labute approximate surface area is 153 Å². The smallest absolute Gasteiger partial charge is 0.822 e. The van der Waals surface area contributed by atoms with Gasteiger partial charge in [0.25, 0.3) is 0 Å². The number of esters is 1. The second-order valence-electron chi connectivity index (χ2n) is 2.31. The molecule has 0 aromatic heterocycles. The molecule has 0 aliphatic rings. The number of hydrogen-bond donors (Lipinski definition) is 0. The van der Waals surface area contributed by atoms with Crippen molar-refractivity contribution in [3.05, 3.63) is 19.1 Å². The minimum atomic E-state index is -5.39. The first kappa shape index (κ1) is 37.9. The zero-order valence-electron chi connectivity index (χ0n) is 10.0. The van der Waals surface area contributed by atoms with E-state index in [0.29, 0.717) is 5.57 Å². The Hall–Kier alpha value is 0.988. The predicted molar refractivity (Wildman–Crippen MR) is 46.3 cm³/mol. The first-order valence-corrected chi connectivity index (χ1v) is 6.68. The van der Waals surface area contributed by atoms with Crippen molar-refractivity contribution >= 4 is 21.6 Å². The summed E-state index contributed by atoms with van der Waals surface area (Å²) in [5, 5.41) is 0. The average molecular weight is 494 g/mol. The average Bonchev–Trinajstić information content (AvgIpc) is 1.97. The molecule has 0 rings (SSSR count). The Morgan fingerprint density at radius 2 is 1.19 bits per heavy atom. The maximum atomic E-state index is 10.4. The van der Waals surface area contributed by atoms with Gasteiger partial charge in [0.15, 0.2) is 0 Å². The Kier molecular flexibility index (Phi) is 34.3. The van der Waals surface area contributed by atoms with Gasteiger partial charge in [0.05, 0.1) is 0 Å². The van der Waals surface area contributed by atoms with Gasteiger partial charge < -0.3 is 50.2 Å². The molecule has 137 valence electrons. The maximum Gasteiger partial charge on any atom is 2.00 e. The second-order valence-corrected chi connectivity index (χ2v) is 4.10. The van der Waals surface area contributed by atoms with E-state index in [1.165, 1.54) is 0 Å². The fourth-order valence-electron chi connectivity index (χ4n) is 0.216. The monoisotopic (exact) mass is 492 g/mol. The van der Waals surface area contributed by atoms with E-state index in [1.807, 2.05) is 0 Å². The second kappa shape index (κ2) is 19.0. The molecule has 0 bridgehead atoms. The molecule has 0 aromatic rings. The summed E-state index contributed by atoms with van der Waals surface area (Å²) in [6.07, 6.45) is 0. The minimum Gasteiger partial charge on any atom is -0.822 e. The fourth-order valence-corrected chi connectivity index (χ4v) is 0.216. The van der Waals surface area contributed by atoms with Crippen LogP contribution in [0.5, 0.6) is 0 Å². The Morgan fingerprint density at radius 3 is 1.24 bits per heavy atom. The van der Waals surface area contributed by atoms with Crippen molar-refractivity contribution in [2.24, 2.45) is 0 Å². The number of carbonyl (C=O) groups is 1. The Balaban J connectivity index is -0.0000000389. The molecule has 0 saturated heterocycles. The molecule has 0 N–H and O–H groups in total. The first-order chi connectivity index (χ1) is 7.68. The summed E-state index contributed by atoms with van der Waals surface area (Å²) in [6.45, 7) is 8.46. The van der Waals surface area contributed by atoms with Crippen LogP contribution in [-0.2, 0) is 69.9 Å². The molecule has 0 saturated carbocycles. The molecule has 0 spiro atoms. The molecule has 0 atom stereocenters. The third-order valence-corrected chi connectivity index (χ3v) is 0.582. The van der Waals surface area contributed by atoms with Crippen LogP contribution in [0.25, 0.3) is 0 Å². The van der Waals surface area contributed by atoms with E-state index in [9.17, 15) is 4.79 Å². The van der Waals surface area contributed by atoms with Crippen molar-refractivity contribution in [2.75, 3.05) is 6.61 Å². The van der Waals surface area contributed by atoms with Gasteiger partial charge in [0, 0.05) is 5.57 Å². The molecule has 10 nitrogen and oxygen atoms in total. The maximum absolute atomic E-state index is 10.4. The van der Waals surface area contributed by atoms with Crippen LogP contribution in [0.3, 0.4) is 0 Å². The fraction of sp³-hybridized carbons (Fsp3) is 0.333. The zero-order chi connectivity index (χ0) is 15.6. The van der Waals surface area contributed by atoms with Crippen LogP contribution in [0.1, 0.15) is 6.92 Å². The first-order valence-electron chi connectivity index (χ1n) is 3.76. The summed E-state index contributed by atoms with van der Waals surface area (Å²) in [5.74, 6) is -0.375. The van der Waals surface area contributed by atoms with E-state index in [-0.39, 0.29) is 63.8 Å². The van der Waals surface area contributed by atoms with Crippen molar-refractivity contribution in [3.63, 3.8) is 0 Å². The van der Waals surface area contributed by atoms with Gasteiger partial charge >= 0.3 is 57.2 Å². The summed E-state index contributed by atoms with van der Waals surface area (Å²) in [5.41, 5.74) is 0.411. The number of hydrogen-bond acceptors (Lipinski definition) is 10. The summed E-state index contributed by atoms with van der Waals surface area (Å²) in [4.78, 5) is 61.7. The summed E-state index contributed by atoms with van der Waals surface area (Å²) in [7, 11) is -10.8. The molecule has 21 heavy (non-hydrogen) atoms. The molecule has 0 aliphatic carbocycles. The molecule has 0 amide bonds. The summed E-state index contributed by atoms with van der Waals surface area (Å²) < 4.78 is 21.6. The molecule has 0 aromatic carbocycles. The number of carbonyl (C=O) groups excluding carboxylic acids is 1. The van der Waals surface area contributed by atoms with Crippen LogP contribution in [0.4, 0.5) is 0 Å². The SMILES string of the molecule is C=C(C)C(=O)OC[CH2-].O=P([O-])([O-])[O-].O=P([O-])([O-])[O-].[Cu+2].[Cu+2].[Cu+2]. The van der Waals surface area contributed by atoms with Crippen LogP contribution in [0, 0.1) is 6.92 Å². The van der Waals surface area contributed by atoms with Crippen LogP contribution >= 0.6 is 15.6 Å². The van der Waals surface area contributed by atoms with Crippen molar-refractivity contribution in [1.82, 2.24) is 0 Å². The minimum absolute atomic E-state index is 0. The molecule has 0 aliphatic heterocycles. The van der Waals surface area contributed by atoms with E-state index in [0.717, 1.165) is 0 Å². The Morgan fingerprint density at radius 1 is 1.00 bits per heavy atom. The molecular weight excluding hydrogens is 485 g/mol. The summed E-state index contributed by atoms with van der Waals surface area (Å²) >= 11 is 0. The van der Waals surface area contributed by atoms with Gasteiger partial charge in [0.2, 0.25) is 0 Å². The van der Waals surface area contributed by atoms with Gasteiger partial charge in [0.1, 0.15) is 0 Å². The van der Waals surface area contributed by atoms with E-state index in [4.69, 9.17) is 38.5 Å². The van der Waals surface area contributed by atoms with Crippen molar-refractivity contribution < 1.29 is 99.2 Å². The van der Waals surface area contributed by atoms with Gasteiger partial charge in [-0.25, -0.2) is 4.79 Å². The van der Waals surface area contributed by atoms with E-state index < -0.39 is 15.6 Å². The molecule has 0 fully saturated rings. The standard InChI is InChI=1S/C6H9O2.3Cu.2H3O4P/c1-4-8-6(7)5(2)3;;;;2*1-5(2,3)4/h1-2,4H2,3H3;;;;2*(H3,1,2,3,4)/q-1;3*+2;;/p-6. The molecule has 0 heterocycles. The molecule has 3 radical (unpaired) electrons. The van der Waals surface area contributed by atoms with Crippen LogP contribution in [0.15, 0.2) is 12.2 Å². The van der Waals surface area contributed by atoms with Gasteiger partial charge in [-0.2, -0.15) is 15.6 Å². The number of rotatable bonds is 2. The van der Waals surface area contributed by atoms with Crippen LogP contribution < -0.4 is 29.4 Å². The van der Waals surface area contributed by atoms with Crippen molar-refractivity contribution in [1.29, 1.82) is 0 Å². The zero-order valence-corrected chi connectivity index (χ0v) is 14.6. The van der Waals surface area contributed by atoms with E-state index in [1.54, 1.807) is 6.92 Å². The van der Waals surface area contributed by atoms with E-state index >= 15 is 0 Å². The molecule has 15 heteroatoms. The van der Waals surface area contributed by atoms with Crippen LogP contribution in [0.2, 0.25) is 0 Å². The third-order valence-electron chi connectivity index (χ3n) is 0.582. The van der Waals surface area contributed by atoms with Crippen molar-refractivity contribution in [3.8, 4) is 0 Å². The van der Waals surface area contributed by atoms with Gasteiger partial charge in [-0.05, 0) is 13.5 Å². The normalized spacial score (nSPS) is 8.76. The summed E-state index contributed by atoms with van der Waals surface area (Å²) in [6, 6.07) is 0. The molecule has 0 unspecified atom stereocenters. The van der Waals surface area contributed by atoms with Gasteiger partial charge in [-0.3, -0.25) is 0 Å². The quantitative estimate of drug-likeness (QED) is 0.118. The largest absolute Gasteiger partial charge is 2.00 e.